The molecule has 0 aliphatic rings. The van der Waals surface area contributed by atoms with Gasteiger partial charge in [-0.3, -0.25) is 24.0 Å². The molecule has 104 valence electrons. The number of likely N-dealkylation sites (N-methyl/N-ethyl adjacent to an activating group) is 1. The van der Waals surface area contributed by atoms with Crippen molar-refractivity contribution >= 4 is 5.69 Å². The van der Waals surface area contributed by atoms with Crippen LogP contribution in [0.4, 0.5) is 5.69 Å². The van der Waals surface area contributed by atoms with Gasteiger partial charge >= 0.3 is 16.9 Å². The van der Waals surface area contributed by atoms with Gasteiger partial charge in [0.2, 0.25) is 0 Å². The molecule has 1 aromatic heterocycles. The van der Waals surface area contributed by atoms with Gasteiger partial charge in [-0.05, 0) is 12.1 Å². The highest BCUT2D eigenvalue weighted by molar-refractivity contribution is 5.22. The highest BCUT2D eigenvalue weighted by atomic mass is 16.6. The van der Waals surface area contributed by atoms with E-state index in [9.17, 15) is 19.7 Å². The number of nitrogens with zero attached hydrogens (tertiary/aromatic N) is 3. The quantitative estimate of drug-likeness (QED) is 0.431. The van der Waals surface area contributed by atoms with Crippen LogP contribution in [0.1, 0.15) is 6.92 Å². The Morgan fingerprint density at radius 3 is 2.68 bits per heavy atom. The minimum atomic E-state index is -0.911. The van der Waals surface area contributed by atoms with Gasteiger partial charge in [-0.1, -0.05) is 13.5 Å². The molecule has 0 atom stereocenters. The van der Waals surface area contributed by atoms with Crippen molar-refractivity contribution in [3.63, 3.8) is 0 Å². The molecule has 8 nitrogen and oxygen atoms in total. The Hall–Kier alpha value is -2.22. The monoisotopic (exact) mass is 268 g/mol. The lowest BCUT2D eigenvalue weighted by atomic mass is 10.3. The van der Waals surface area contributed by atoms with E-state index in [2.05, 4.69) is 11.9 Å². The maximum atomic E-state index is 11.8. The maximum Gasteiger partial charge on any atom is 0.350 e. The average molecular weight is 268 g/mol. The molecule has 1 aromatic rings. The Kier molecular flexibility index (Phi) is 4.76. The van der Waals surface area contributed by atoms with Crippen LogP contribution in [0.3, 0.4) is 0 Å². The molecule has 0 amide bonds. The summed E-state index contributed by atoms with van der Waals surface area (Å²) in [6, 6.07) is 0. The smallest absolute Gasteiger partial charge is 0.313 e. The molecule has 0 saturated carbocycles. The average Bonchev–Trinajstić information content (AvgIpc) is 2.36. The van der Waals surface area contributed by atoms with Gasteiger partial charge in [0.1, 0.15) is 0 Å². The zero-order valence-electron chi connectivity index (χ0n) is 10.9. The van der Waals surface area contributed by atoms with Gasteiger partial charge in [0.15, 0.2) is 0 Å². The van der Waals surface area contributed by atoms with Gasteiger partial charge in [0.05, 0.1) is 17.7 Å². The third kappa shape index (κ3) is 3.38. The van der Waals surface area contributed by atoms with Crippen molar-refractivity contribution in [2.45, 2.75) is 13.5 Å². The number of hydrogen-bond donors (Lipinski definition) is 1. The lowest BCUT2D eigenvalue weighted by molar-refractivity contribution is -0.387. The maximum absolute atomic E-state index is 11.8. The van der Waals surface area contributed by atoms with Gasteiger partial charge in [-0.2, -0.15) is 0 Å². The molecule has 0 spiro atoms. The van der Waals surface area contributed by atoms with Crippen LogP contribution in [-0.2, 0) is 13.6 Å². The summed E-state index contributed by atoms with van der Waals surface area (Å²) in [5, 5.41) is 13.7. The first kappa shape index (κ1) is 14.8. The number of aromatic nitrogens is 2. The van der Waals surface area contributed by atoms with Gasteiger partial charge in [-0.15, -0.1) is 0 Å². The fourth-order valence-corrected chi connectivity index (χ4v) is 1.56. The van der Waals surface area contributed by atoms with Crippen LogP contribution in [0.2, 0.25) is 0 Å². The second-order valence-electron chi connectivity index (χ2n) is 4.09. The molecule has 0 aromatic carbocycles. The summed E-state index contributed by atoms with van der Waals surface area (Å²) < 4.78 is 1.83. The van der Waals surface area contributed by atoms with Crippen molar-refractivity contribution in [2.24, 2.45) is 7.05 Å². The largest absolute Gasteiger partial charge is 0.350 e. The third-order valence-corrected chi connectivity index (χ3v) is 2.52. The molecule has 1 heterocycles. The Labute approximate surface area is 109 Å². The topological polar surface area (TPSA) is 99.2 Å². The lowest BCUT2D eigenvalue weighted by Gasteiger charge is -2.09. The van der Waals surface area contributed by atoms with Crippen molar-refractivity contribution < 1.29 is 4.92 Å². The van der Waals surface area contributed by atoms with Crippen LogP contribution in [0, 0.1) is 10.1 Å². The van der Waals surface area contributed by atoms with E-state index in [-0.39, 0.29) is 6.54 Å². The molecule has 0 aliphatic heterocycles. The van der Waals surface area contributed by atoms with Crippen LogP contribution >= 0.6 is 0 Å². The highest BCUT2D eigenvalue weighted by Gasteiger charge is 2.18. The molecule has 8 heteroatoms. The van der Waals surface area contributed by atoms with Crippen molar-refractivity contribution in [3.05, 3.63) is 49.3 Å². The van der Waals surface area contributed by atoms with Gasteiger partial charge in [0, 0.05) is 13.6 Å². The Balaban J connectivity index is 3.20. The van der Waals surface area contributed by atoms with E-state index in [4.69, 9.17) is 0 Å². The second-order valence-corrected chi connectivity index (χ2v) is 4.09. The van der Waals surface area contributed by atoms with Crippen LogP contribution in [0.15, 0.2) is 27.9 Å². The van der Waals surface area contributed by atoms with E-state index in [1.165, 1.54) is 7.05 Å². The van der Waals surface area contributed by atoms with E-state index >= 15 is 0 Å². The third-order valence-electron chi connectivity index (χ3n) is 2.52. The zero-order valence-corrected chi connectivity index (χ0v) is 10.9. The molecule has 1 rings (SSSR count). The van der Waals surface area contributed by atoms with Gasteiger partial charge < -0.3 is 5.32 Å². The predicted octanol–water partition coefficient (Wildman–Crippen LogP) is -0.379. The first-order valence-corrected chi connectivity index (χ1v) is 5.70. The lowest BCUT2D eigenvalue weighted by Crippen LogP contribution is -2.40. The summed E-state index contributed by atoms with van der Waals surface area (Å²) in [6.45, 7) is 6.76. The van der Waals surface area contributed by atoms with Crippen LogP contribution < -0.4 is 16.6 Å². The Morgan fingerprint density at radius 1 is 1.53 bits per heavy atom. The summed E-state index contributed by atoms with van der Waals surface area (Å²) in [4.78, 5) is 33.6. The van der Waals surface area contributed by atoms with Crippen molar-refractivity contribution in [2.75, 3.05) is 13.1 Å². The van der Waals surface area contributed by atoms with Gasteiger partial charge in [-0.25, -0.2) is 4.79 Å². The van der Waals surface area contributed by atoms with E-state index < -0.39 is 21.9 Å². The van der Waals surface area contributed by atoms with Crippen LogP contribution in [0.25, 0.3) is 0 Å². The van der Waals surface area contributed by atoms with Crippen molar-refractivity contribution in [1.82, 2.24) is 14.5 Å². The summed E-state index contributed by atoms with van der Waals surface area (Å²) in [7, 11) is 1.36. The fourth-order valence-electron chi connectivity index (χ4n) is 1.56. The highest BCUT2D eigenvalue weighted by Crippen LogP contribution is 2.00. The fraction of sp³-hybridized carbons (Fsp3) is 0.455. The molecule has 0 radical (unpaired) electrons. The zero-order chi connectivity index (χ0) is 14.6. The van der Waals surface area contributed by atoms with E-state index in [1.807, 2.05) is 6.92 Å². The SMILES string of the molecule is C=C(CNCC)Cn1c(=O)c([N+](=O)[O-])cn(C)c1=O. The summed E-state index contributed by atoms with van der Waals surface area (Å²) in [5.41, 5.74) is -1.54. The minimum Gasteiger partial charge on any atom is -0.313 e. The molecule has 0 saturated heterocycles. The van der Waals surface area contributed by atoms with Crippen LogP contribution in [0.5, 0.6) is 0 Å². The molecule has 19 heavy (non-hydrogen) atoms. The number of nitro groups is 1. The van der Waals surface area contributed by atoms with E-state index in [0.29, 0.717) is 12.1 Å². The molecule has 0 fully saturated rings. The first-order chi connectivity index (χ1) is 8.88. The molecular formula is C11H16N4O4. The summed E-state index contributed by atoms with van der Waals surface area (Å²) in [5.74, 6) is 0. The van der Waals surface area contributed by atoms with E-state index in [0.717, 1.165) is 21.9 Å². The Morgan fingerprint density at radius 2 is 2.16 bits per heavy atom. The molecule has 0 aliphatic carbocycles. The number of hydrogen-bond acceptors (Lipinski definition) is 5. The Bertz CT molecular complexity index is 614. The number of rotatable bonds is 6. The number of aryl methyl sites for hydroxylation is 1. The first-order valence-electron chi connectivity index (χ1n) is 5.70. The number of nitrogens with one attached hydrogen (secondary N) is 1. The second kappa shape index (κ2) is 6.10. The molecule has 0 bridgehead atoms. The standard InChI is InChI=1S/C11H16N4O4/c1-4-12-5-8(2)6-14-10(16)9(15(18)19)7-13(3)11(14)17/h7,12H,2,4-6H2,1,3H3. The van der Waals surface area contributed by atoms with Crippen molar-refractivity contribution in [1.29, 1.82) is 0 Å². The normalized spacial score (nSPS) is 10.4. The van der Waals surface area contributed by atoms with E-state index in [1.54, 1.807) is 0 Å². The minimum absolute atomic E-state index is 0.0415. The summed E-state index contributed by atoms with van der Waals surface area (Å²) in [6.07, 6.45) is 0.925. The van der Waals surface area contributed by atoms with Gasteiger partial charge in [0.25, 0.3) is 0 Å². The molecular weight excluding hydrogens is 252 g/mol. The predicted molar refractivity (Wildman–Crippen MR) is 70.3 cm³/mol. The summed E-state index contributed by atoms with van der Waals surface area (Å²) >= 11 is 0. The van der Waals surface area contributed by atoms with Crippen molar-refractivity contribution in [3.8, 4) is 0 Å². The molecule has 0 unspecified atom stereocenters. The van der Waals surface area contributed by atoms with Crippen LogP contribution in [-0.4, -0.2) is 27.1 Å². The molecule has 1 N–H and O–H groups in total.